The van der Waals surface area contributed by atoms with Crippen LogP contribution in [0.4, 0.5) is 10.1 Å². The second-order valence-electron chi connectivity index (χ2n) is 4.25. The Balaban J connectivity index is 2.14. The summed E-state index contributed by atoms with van der Waals surface area (Å²) in [4.78, 5) is 1.11. The maximum atomic E-state index is 14.0. The number of benzene rings is 2. The molecule has 2 nitrogen and oxygen atoms in total. The molecular weight excluding hydrogens is 261 g/mol. The number of halogens is 1. The summed E-state index contributed by atoms with van der Waals surface area (Å²) in [5, 5.41) is 0. The topological polar surface area (TPSA) is 35.2 Å². The predicted molar refractivity (Wildman–Crippen MR) is 78.1 cm³/mol. The van der Waals surface area contributed by atoms with E-state index in [1.54, 1.807) is 30.0 Å². The molecule has 0 aromatic heterocycles. The van der Waals surface area contributed by atoms with Gasteiger partial charge in [-0.1, -0.05) is 12.1 Å². The van der Waals surface area contributed by atoms with Crippen molar-refractivity contribution in [3.05, 3.63) is 53.3 Å². The van der Waals surface area contributed by atoms with Gasteiger partial charge in [-0.25, -0.2) is 4.39 Å². The van der Waals surface area contributed by atoms with Crippen molar-refractivity contribution in [2.45, 2.75) is 17.6 Å². The van der Waals surface area contributed by atoms with Gasteiger partial charge in [-0.3, -0.25) is 0 Å². The average Bonchev–Trinajstić information content (AvgIpc) is 2.39. The molecule has 2 aromatic rings. The summed E-state index contributed by atoms with van der Waals surface area (Å²) in [5.41, 5.74) is 8.20. The molecule has 0 fully saturated rings. The summed E-state index contributed by atoms with van der Waals surface area (Å²) < 4.78 is 19.0. The van der Waals surface area contributed by atoms with E-state index in [1.807, 2.05) is 25.1 Å². The Hall–Kier alpha value is -1.68. The van der Waals surface area contributed by atoms with Crippen molar-refractivity contribution in [1.29, 1.82) is 0 Å². The van der Waals surface area contributed by atoms with Gasteiger partial charge in [0.05, 0.1) is 7.11 Å². The van der Waals surface area contributed by atoms with Gasteiger partial charge < -0.3 is 10.5 Å². The number of ether oxygens (including phenoxy) is 1. The molecule has 2 N–H and O–H groups in total. The lowest BCUT2D eigenvalue weighted by Gasteiger charge is -2.09. The Morgan fingerprint density at radius 3 is 2.74 bits per heavy atom. The zero-order chi connectivity index (χ0) is 13.8. The zero-order valence-corrected chi connectivity index (χ0v) is 11.8. The van der Waals surface area contributed by atoms with Gasteiger partial charge in [0.2, 0.25) is 0 Å². The van der Waals surface area contributed by atoms with Crippen LogP contribution in [0.1, 0.15) is 11.1 Å². The molecule has 0 aliphatic carbocycles. The lowest BCUT2D eigenvalue weighted by Crippen LogP contribution is -1.94. The van der Waals surface area contributed by atoms with Crippen molar-refractivity contribution >= 4 is 17.4 Å². The number of aryl methyl sites for hydroxylation is 1. The van der Waals surface area contributed by atoms with E-state index in [4.69, 9.17) is 10.5 Å². The monoisotopic (exact) mass is 277 g/mol. The highest BCUT2D eigenvalue weighted by atomic mass is 32.2. The second kappa shape index (κ2) is 5.97. The van der Waals surface area contributed by atoms with Crippen LogP contribution < -0.4 is 10.5 Å². The van der Waals surface area contributed by atoms with Gasteiger partial charge in [-0.05, 0) is 36.8 Å². The number of hydrogen-bond donors (Lipinski definition) is 1. The second-order valence-corrected chi connectivity index (χ2v) is 5.26. The predicted octanol–water partition coefficient (Wildman–Crippen LogP) is 4.02. The van der Waals surface area contributed by atoms with E-state index < -0.39 is 0 Å². The molecule has 0 amide bonds. The molecular formula is C15H16FNOS. The van der Waals surface area contributed by atoms with Crippen molar-refractivity contribution in [1.82, 2.24) is 0 Å². The van der Waals surface area contributed by atoms with E-state index in [9.17, 15) is 4.39 Å². The molecule has 0 saturated heterocycles. The van der Waals surface area contributed by atoms with Gasteiger partial charge in [-0.2, -0.15) is 0 Å². The van der Waals surface area contributed by atoms with Gasteiger partial charge in [0.15, 0.2) is 11.6 Å². The highest BCUT2D eigenvalue weighted by Crippen LogP contribution is 2.30. The van der Waals surface area contributed by atoms with E-state index in [1.165, 1.54) is 7.11 Å². The first-order chi connectivity index (χ1) is 9.11. The maximum absolute atomic E-state index is 14.0. The fraction of sp³-hybridized carbons (Fsp3) is 0.200. The van der Waals surface area contributed by atoms with Crippen LogP contribution in [0, 0.1) is 12.7 Å². The van der Waals surface area contributed by atoms with Crippen molar-refractivity contribution in [3.8, 4) is 5.75 Å². The Bertz CT molecular complexity index is 586. The summed E-state index contributed by atoms with van der Waals surface area (Å²) in [6.07, 6.45) is 0. The normalized spacial score (nSPS) is 10.5. The standard InChI is InChI=1S/C15H16FNOS/c1-10-8-12(17)6-7-14(10)19-9-11-4-3-5-13(18-2)15(11)16/h3-8H,9,17H2,1-2H3. The first-order valence-corrected chi connectivity index (χ1v) is 6.90. The van der Waals surface area contributed by atoms with Gasteiger partial charge >= 0.3 is 0 Å². The number of rotatable bonds is 4. The molecule has 2 aromatic carbocycles. The number of hydrogen-bond acceptors (Lipinski definition) is 3. The van der Waals surface area contributed by atoms with Crippen LogP contribution in [0.3, 0.4) is 0 Å². The van der Waals surface area contributed by atoms with Crippen LogP contribution in [0.2, 0.25) is 0 Å². The van der Waals surface area contributed by atoms with Crippen LogP contribution in [0.15, 0.2) is 41.3 Å². The van der Waals surface area contributed by atoms with Crippen molar-refractivity contribution in [3.63, 3.8) is 0 Å². The first kappa shape index (κ1) is 13.7. The summed E-state index contributed by atoms with van der Waals surface area (Å²) in [5.74, 6) is 0.561. The number of anilines is 1. The Morgan fingerprint density at radius 1 is 1.26 bits per heavy atom. The first-order valence-electron chi connectivity index (χ1n) is 5.92. The fourth-order valence-electron chi connectivity index (χ4n) is 1.82. The molecule has 2 rings (SSSR count). The highest BCUT2D eigenvalue weighted by molar-refractivity contribution is 7.98. The minimum atomic E-state index is -0.286. The SMILES string of the molecule is COc1cccc(CSc2ccc(N)cc2C)c1F. The van der Waals surface area contributed by atoms with E-state index in [0.717, 1.165) is 16.1 Å². The third-order valence-corrected chi connectivity index (χ3v) is 4.07. The number of nitrogens with two attached hydrogens (primary N) is 1. The molecule has 0 spiro atoms. The molecule has 19 heavy (non-hydrogen) atoms. The molecule has 0 unspecified atom stereocenters. The van der Waals surface area contributed by atoms with E-state index in [0.29, 0.717) is 11.3 Å². The third kappa shape index (κ3) is 3.20. The van der Waals surface area contributed by atoms with Gasteiger partial charge in [0.1, 0.15) is 0 Å². The average molecular weight is 277 g/mol. The van der Waals surface area contributed by atoms with Crippen LogP contribution in [-0.2, 0) is 5.75 Å². The molecule has 0 bridgehead atoms. The van der Waals surface area contributed by atoms with Crippen LogP contribution in [0.25, 0.3) is 0 Å². The smallest absolute Gasteiger partial charge is 0.169 e. The molecule has 0 saturated carbocycles. The third-order valence-electron chi connectivity index (χ3n) is 2.85. The minimum absolute atomic E-state index is 0.284. The summed E-state index contributed by atoms with van der Waals surface area (Å²) in [6.45, 7) is 2.00. The van der Waals surface area contributed by atoms with E-state index >= 15 is 0 Å². The lowest BCUT2D eigenvalue weighted by molar-refractivity contribution is 0.385. The van der Waals surface area contributed by atoms with Crippen molar-refractivity contribution in [2.75, 3.05) is 12.8 Å². The van der Waals surface area contributed by atoms with Gasteiger partial charge in [0.25, 0.3) is 0 Å². The Kier molecular flexibility index (Phi) is 4.32. The molecule has 100 valence electrons. The number of nitrogen functional groups attached to an aromatic ring is 1. The van der Waals surface area contributed by atoms with Gasteiger partial charge in [-0.15, -0.1) is 11.8 Å². The number of methoxy groups -OCH3 is 1. The minimum Gasteiger partial charge on any atom is -0.494 e. The van der Waals surface area contributed by atoms with E-state index in [-0.39, 0.29) is 11.6 Å². The highest BCUT2D eigenvalue weighted by Gasteiger charge is 2.09. The molecule has 0 aliphatic rings. The van der Waals surface area contributed by atoms with Crippen molar-refractivity contribution < 1.29 is 9.13 Å². The molecule has 0 aliphatic heterocycles. The molecule has 4 heteroatoms. The van der Waals surface area contributed by atoms with Crippen molar-refractivity contribution in [2.24, 2.45) is 0 Å². The van der Waals surface area contributed by atoms with Crippen LogP contribution in [-0.4, -0.2) is 7.11 Å². The summed E-state index contributed by atoms with van der Waals surface area (Å²) >= 11 is 1.59. The van der Waals surface area contributed by atoms with Gasteiger partial charge in [0, 0.05) is 21.9 Å². The lowest BCUT2D eigenvalue weighted by atomic mass is 10.2. The Morgan fingerprint density at radius 2 is 2.05 bits per heavy atom. The number of thioether (sulfide) groups is 1. The zero-order valence-electron chi connectivity index (χ0n) is 10.9. The Labute approximate surface area is 116 Å². The molecule has 0 radical (unpaired) electrons. The largest absolute Gasteiger partial charge is 0.494 e. The quantitative estimate of drug-likeness (QED) is 0.677. The fourth-order valence-corrected chi connectivity index (χ4v) is 2.80. The van der Waals surface area contributed by atoms with E-state index in [2.05, 4.69) is 0 Å². The summed E-state index contributed by atoms with van der Waals surface area (Å²) in [6, 6.07) is 10.9. The maximum Gasteiger partial charge on any atom is 0.169 e. The molecule has 0 atom stereocenters. The molecule has 0 heterocycles. The summed E-state index contributed by atoms with van der Waals surface area (Å²) in [7, 11) is 1.47. The van der Waals surface area contributed by atoms with Crippen LogP contribution >= 0.6 is 11.8 Å². The van der Waals surface area contributed by atoms with Crippen LogP contribution in [0.5, 0.6) is 5.75 Å².